The summed E-state index contributed by atoms with van der Waals surface area (Å²) in [7, 11) is 0. The highest BCUT2D eigenvalue weighted by Gasteiger charge is 2.37. The maximum Gasteiger partial charge on any atom is 0.322 e. The van der Waals surface area contributed by atoms with E-state index in [-0.39, 0.29) is 30.3 Å². The van der Waals surface area contributed by atoms with Crippen LogP contribution in [0.2, 0.25) is 0 Å². The van der Waals surface area contributed by atoms with Crippen LogP contribution in [0, 0.1) is 19.7 Å². The van der Waals surface area contributed by atoms with Gasteiger partial charge >= 0.3 is 6.03 Å². The average molecular weight is 511 g/mol. The third-order valence-electron chi connectivity index (χ3n) is 7.21. The fourth-order valence-electron chi connectivity index (χ4n) is 5.01. The van der Waals surface area contributed by atoms with E-state index < -0.39 is 6.04 Å². The quantitative estimate of drug-likeness (QED) is 0.328. The van der Waals surface area contributed by atoms with E-state index in [1.165, 1.54) is 12.1 Å². The molecule has 0 saturated carbocycles. The first-order valence-electron chi connectivity index (χ1n) is 12.7. The Hall–Kier alpha value is -4.39. The molecule has 0 saturated heterocycles. The molecule has 6 nitrogen and oxygen atoms in total. The van der Waals surface area contributed by atoms with Gasteiger partial charge in [-0.05, 0) is 86.8 Å². The number of halogens is 1. The van der Waals surface area contributed by atoms with Crippen molar-refractivity contribution in [1.29, 1.82) is 0 Å². The molecule has 1 aliphatic rings. The second-order valence-electron chi connectivity index (χ2n) is 9.91. The highest BCUT2D eigenvalue weighted by atomic mass is 19.1. The molecule has 3 amide bonds. The smallest absolute Gasteiger partial charge is 0.316 e. The van der Waals surface area contributed by atoms with E-state index in [4.69, 9.17) is 0 Å². The number of nitrogens with zero attached hydrogens (tertiary/aromatic N) is 3. The van der Waals surface area contributed by atoms with Gasteiger partial charge in [0, 0.05) is 17.9 Å². The van der Waals surface area contributed by atoms with E-state index in [0.717, 1.165) is 39.4 Å². The Morgan fingerprint density at radius 2 is 1.63 bits per heavy atom. The molecule has 0 aliphatic carbocycles. The van der Waals surface area contributed by atoms with Crippen LogP contribution in [0.1, 0.15) is 42.3 Å². The molecule has 1 N–H and O–H groups in total. The number of urea groups is 1. The van der Waals surface area contributed by atoms with Crippen molar-refractivity contribution >= 4 is 23.3 Å². The second kappa shape index (κ2) is 10.2. The molecule has 194 valence electrons. The van der Waals surface area contributed by atoms with Crippen molar-refractivity contribution in [3.63, 3.8) is 0 Å². The summed E-state index contributed by atoms with van der Waals surface area (Å²) in [5.74, 6) is -0.573. The summed E-state index contributed by atoms with van der Waals surface area (Å²) in [4.78, 5) is 30.9. The van der Waals surface area contributed by atoms with Gasteiger partial charge in [0.15, 0.2) is 0 Å². The van der Waals surface area contributed by atoms with E-state index in [9.17, 15) is 14.0 Å². The van der Waals surface area contributed by atoms with Crippen molar-refractivity contribution in [2.45, 2.75) is 39.8 Å². The molecule has 0 bridgehead atoms. The standard InChI is InChI=1S/C31H31FN4O2/c1-20(2)35(31(38)33-25-10-7-9-21(3)22(25)4)19-29(37)36-27-12-6-5-11-26(27)34-18-8-13-28(34)30(36)23-14-16-24(32)17-15-23/h5-18,20,30H,19H2,1-4H3,(H,33,38). The molecular weight excluding hydrogens is 479 g/mol. The van der Waals surface area contributed by atoms with Gasteiger partial charge in [-0.1, -0.05) is 36.4 Å². The number of carbonyl (C=O) groups excluding carboxylic acids is 2. The number of carbonyl (C=O) groups is 2. The summed E-state index contributed by atoms with van der Waals surface area (Å²) in [5.41, 5.74) is 6.05. The number of aryl methyl sites for hydroxylation is 1. The minimum Gasteiger partial charge on any atom is -0.316 e. The molecule has 1 unspecified atom stereocenters. The molecule has 38 heavy (non-hydrogen) atoms. The van der Waals surface area contributed by atoms with Gasteiger partial charge in [-0.2, -0.15) is 0 Å². The third kappa shape index (κ3) is 4.56. The lowest BCUT2D eigenvalue weighted by Crippen LogP contribution is -2.49. The van der Waals surface area contributed by atoms with Crippen molar-refractivity contribution < 1.29 is 14.0 Å². The molecule has 0 radical (unpaired) electrons. The molecule has 2 heterocycles. The van der Waals surface area contributed by atoms with Crippen LogP contribution in [-0.2, 0) is 4.79 Å². The number of hydrogen-bond acceptors (Lipinski definition) is 2. The van der Waals surface area contributed by atoms with Crippen LogP contribution >= 0.6 is 0 Å². The first-order chi connectivity index (χ1) is 18.3. The molecule has 1 atom stereocenters. The van der Waals surface area contributed by atoms with Gasteiger partial charge in [0.2, 0.25) is 5.91 Å². The van der Waals surface area contributed by atoms with Gasteiger partial charge in [-0.15, -0.1) is 0 Å². The first kappa shape index (κ1) is 25.3. The maximum absolute atomic E-state index is 14.2. The van der Waals surface area contributed by atoms with E-state index in [1.54, 1.807) is 21.9 Å². The normalized spacial score (nSPS) is 14.2. The van der Waals surface area contributed by atoms with E-state index in [2.05, 4.69) is 9.88 Å². The van der Waals surface area contributed by atoms with Gasteiger partial charge in [0.25, 0.3) is 0 Å². The van der Waals surface area contributed by atoms with Crippen molar-refractivity contribution in [3.05, 3.63) is 113 Å². The largest absolute Gasteiger partial charge is 0.322 e. The number of benzene rings is 3. The first-order valence-corrected chi connectivity index (χ1v) is 12.7. The van der Waals surface area contributed by atoms with Crippen LogP contribution in [0.4, 0.5) is 20.6 Å². The van der Waals surface area contributed by atoms with Crippen LogP contribution in [0.15, 0.2) is 85.1 Å². The topological polar surface area (TPSA) is 57.6 Å². The monoisotopic (exact) mass is 510 g/mol. The Labute approximate surface area is 222 Å². The Kier molecular flexibility index (Phi) is 6.76. The van der Waals surface area contributed by atoms with Crippen LogP contribution in [0.5, 0.6) is 0 Å². The van der Waals surface area contributed by atoms with Crippen molar-refractivity contribution in [1.82, 2.24) is 9.47 Å². The number of rotatable bonds is 5. The lowest BCUT2D eigenvalue weighted by atomic mass is 9.97. The lowest BCUT2D eigenvalue weighted by molar-refractivity contribution is -0.119. The number of nitrogens with one attached hydrogen (secondary N) is 1. The Morgan fingerprint density at radius 1 is 0.921 bits per heavy atom. The predicted molar refractivity (Wildman–Crippen MR) is 148 cm³/mol. The summed E-state index contributed by atoms with van der Waals surface area (Å²) in [5, 5.41) is 2.99. The van der Waals surface area contributed by atoms with Crippen LogP contribution in [0.3, 0.4) is 0 Å². The summed E-state index contributed by atoms with van der Waals surface area (Å²) < 4.78 is 15.9. The average Bonchev–Trinajstić information content (AvgIpc) is 3.39. The number of anilines is 2. The number of para-hydroxylation sites is 2. The minimum absolute atomic E-state index is 0.124. The molecule has 1 aromatic heterocycles. The molecule has 0 fully saturated rings. The molecule has 7 heteroatoms. The Balaban J connectivity index is 1.52. The molecule has 4 aromatic rings. The van der Waals surface area contributed by atoms with E-state index in [0.29, 0.717) is 0 Å². The molecule has 5 rings (SSSR count). The minimum atomic E-state index is -0.482. The molecular formula is C31H31FN4O2. The highest BCUT2D eigenvalue weighted by molar-refractivity contribution is 6.01. The zero-order chi connectivity index (χ0) is 27.0. The van der Waals surface area contributed by atoms with Gasteiger partial charge in [-0.3, -0.25) is 9.69 Å². The summed E-state index contributed by atoms with van der Waals surface area (Å²) in [6.45, 7) is 7.61. The maximum atomic E-state index is 14.2. The fraction of sp³-hybridized carbons (Fsp3) is 0.226. The number of fused-ring (bicyclic) bond motifs is 3. The van der Waals surface area contributed by atoms with Gasteiger partial charge in [-0.25, -0.2) is 9.18 Å². The zero-order valence-electron chi connectivity index (χ0n) is 22.0. The van der Waals surface area contributed by atoms with Gasteiger partial charge in [0.1, 0.15) is 18.4 Å². The van der Waals surface area contributed by atoms with Crippen LogP contribution in [0.25, 0.3) is 5.69 Å². The lowest BCUT2D eigenvalue weighted by Gasteiger charge is -2.40. The summed E-state index contributed by atoms with van der Waals surface area (Å²) >= 11 is 0. The molecule has 3 aromatic carbocycles. The summed E-state index contributed by atoms with van der Waals surface area (Å²) in [6.07, 6.45) is 1.96. The van der Waals surface area contributed by atoms with Crippen LogP contribution < -0.4 is 10.2 Å². The Bertz CT molecular complexity index is 1490. The van der Waals surface area contributed by atoms with Gasteiger partial charge in [0.05, 0.1) is 17.1 Å². The second-order valence-corrected chi connectivity index (χ2v) is 9.91. The van der Waals surface area contributed by atoms with E-state index >= 15 is 0 Å². The number of aromatic nitrogens is 1. The summed E-state index contributed by atoms with van der Waals surface area (Å²) in [6, 6.07) is 22.5. The van der Waals surface area contributed by atoms with E-state index in [1.807, 2.05) is 88.5 Å². The van der Waals surface area contributed by atoms with Crippen molar-refractivity contribution in [2.75, 3.05) is 16.8 Å². The molecule has 0 spiro atoms. The zero-order valence-corrected chi connectivity index (χ0v) is 22.0. The number of amides is 3. The van der Waals surface area contributed by atoms with Crippen LogP contribution in [-0.4, -0.2) is 34.0 Å². The number of hydrogen-bond donors (Lipinski definition) is 1. The third-order valence-corrected chi connectivity index (χ3v) is 7.21. The van der Waals surface area contributed by atoms with Crippen molar-refractivity contribution in [3.8, 4) is 5.69 Å². The SMILES string of the molecule is Cc1cccc(NC(=O)N(CC(=O)N2c3ccccc3-n3cccc3C2c2ccc(F)cc2)C(C)C)c1C. The fourth-order valence-corrected chi connectivity index (χ4v) is 5.01. The highest BCUT2D eigenvalue weighted by Crippen LogP contribution is 2.42. The molecule has 1 aliphatic heterocycles. The van der Waals surface area contributed by atoms with Gasteiger partial charge < -0.3 is 14.8 Å². The van der Waals surface area contributed by atoms with Crippen molar-refractivity contribution in [2.24, 2.45) is 0 Å². The predicted octanol–water partition coefficient (Wildman–Crippen LogP) is 6.61. The Morgan fingerprint density at radius 3 is 2.34 bits per heavy atom.